The van der Waals surface area contributed by atoms with Gasteiger partial charge in [0.05, 0.1) is 21.7 Å². The molecule has 0 bridgehead atoms. The number of rotatable bonds is 5. The smallest absolute Gasteiger partial charge is 0.371 e. The number of piperidine rings is 1. The van der Waals surface area contributed by atoms with Gasteiger partial charge < -0.3 is 15.1 Å². The summed E-state index contributed by atoms with van der Waals surface area (Å²) in [5, 5.41) is 14.2. The Kier molecular flexibility index (Phi) is 6.39. The van der Waals surface area contributed by atoms with E-state index in [2.05, 4.69) is 15.2 Å². The van der Waals surface area contributed by atoms with E-state index in [-0.39, 0.29) is 23.2 Å². The average Bonchev–Trinajstić information content (AvgIpc) is 3.33. The van der Waals surface area contributed by atoms with Crippen LogP contribution in [-0.2, 0) is 6.18 Å². The summed E-state index contributed by atoms with van der Waals surface area (Å²) < 4.78 is 38.2. The van der Waals surface area contributed by atoms with Crippen LogP contribution in [0, 0.1) is 10.1 Å². The quantitative estimate of drug-likeness (QED) is 0.532. The normalized spacial score (nSPS) is 17.3. The number of non-ortho nitro benzene ring substituents is 1. The molecule has 2 fully saturated rings. The van der Waals surface area contributed by atoms with Gasteiger partial charge in [-0.1, -0.05) is 0 Å². The Balaban J connectivity index is 1.41. The molecule has 2 aliphatic rings. The van der Waals surface area contributed by atoms with Crippen molar-refractivity contribution in [1.82, 2.24) is 10.3 Å². The van der Waals surface area contributed by atoms with Gasteiger partial charge in [0, 0.05) is 50.6 Å². The van der Waals surface area contributed by atoms with E-state index < -0.39 is 16.7 Å². The molecule has 33 heavy (non-hydrogen) atoms. The lowest BCUT2D eigenvalue weighted by atomic mass is 10.0. The maximum Gasteiger partial charge on any atom is 0.417 e. The number of nitrogens with zero attached hydrogens (tertiary/aromatic N) is 4. The van der Waals surface area contributed by atoms with E-state index in [9.17, 15) is 28.1 Å². The van der Waals surface area contributed by atoms with Crippen molar-refractivity contribution in [3.05, 3.63) is 57.8 Å². The first-order valence-electron chi connectivity index (χ1n) is 10.8. The maximum absolute atomic E-state index is 13.1. The first-order chi connectivity index (χ1) is 15.7. The van der Waals surface area contributed by atoms with Crippen LogP contribution in [0.4, 0.5) is 30.4 Å². The fourth-order valence-electron chi connectivity index (χ4n) is 4.31. The molecule has 0 radical (unpaired) electrons. The van der Waals surface area contributed by atoms with Crippen molar-refractivity contribution in [1.29, 1.82) is 0 Å². The van der Waals surface area contributed by atoms with Crippen LogP contribution in [0.2, 0.25) is 0 Å². The molecule has 3 heterocycles. The molecule has 176 valence electrons. The molecule has 11 heteroatoms. The molecule has 1 N–H and O–H groups in total. The minimum Gasteiger partial charge on any atom is -0.371 e. The Hall–Kier alpha value is -3.37. The molecule has 2 aliphatic heterocycles. The number of pyridine rings is 1. The van der Waals surface area contributed by atoms with Gasteiger partial charge in [0.15, 0.2) is 0 Å². The monoisotopic (exact) mass is 463 g/mol. The van der Waals surface area contributed by atoms with Crippen LogP contribution in [0.15, 0.2) is 36.5 Å². The Bertz CT molecular complexity index is 1010. The van der Waals surface area contributed by atoms with Crippen LogP contribution in [0.25, 0.3) is 0 Å². The highest BCUT2D eigenvalue weighted by atomic mass is 19.4. The van der Waals surface area contributed by atoms with Crippen molar-refractivity contribution >= 4 is 23.1 Å². The summed E-state index contributed by atoms with van der Waals surface area (Å²) in [6, 6.07) is 6.60. The number of halogens is 3. The van der Waals surface area contributed by atoms with E-state index >= 15 is 0 Å². The van der Waals surface area contributed by atoms with Gasteiger partial charge in [0.25, 0.3) is 11.6 Å². The summed E-state index contributed by atoms with van der Waals surface area (Å²) in [5.41, 5.74) is 0.0605. The molecule has 1 amide bonds. The molecular weight excluding hydrogens is 439 g/mol. The predicted octanol–water partition coefficient (Wildman–Crippen LogP) is 4.01. The molecule has 1 aromatic heterocycles. The zero-order chi connectivity index (χ0) is 23.6. The van der Waals surface area contributed by atoms with Gasteiger partial charge in [-0.25, -0.2) is 4.98 Å². The summed E-state index contributed by atoms with van der Waals surface area (Å²) in [5.74, 6) is 0.106. The molecule has 2 saturated heterocycles. The number of amides is 1. The van der Waals surface area contributed by atoms with Gasteiger partial charge in [-0.2, -0.15) is 13.2 Å². The number of alkyl halides is 3. The highest BCUT2D eigenvalue weighted by Crippen LogP contribution is 2.31. The number of hydrogen-bond donors (Lipinski definition) is 1. The third-order valence-electron chi connectivity index (χ3n) is 6.11. The highest BCUT2D eigenvalue weighted by molar-refractivity contribution is 6.00. The lowest BCUT2D eigenvalue weighted by molar-refractivity contribution is -0.384. The summed E-state index contributed by atoms with van der Waals surface area (Å²) in [6.07, 6.45) is -0.414. The van der Waals surface area contributed by atoms with Gasteiger partial charge in [-0.15, -0.1) is 0 Å². The number of hydrogen-bond acceptors (Lipinski definition) is 6. The fraction of sp³-hybridized carbons (Fsp3) is 0.455. The van der Waals surface area contributed by atoms with Crippen LogP contribution >= 0.6 is 0 Å². The van der Waals surface area contributed by atoms with Gasteiger partial charge in [-0.05, 0) is 43.9 Å². The van der Waals surface area contributed by atoms with Crippen molar-refractivity contribution in [2.75, 3.05) is 36.0 Å². The van der Waals surface area contributed by atoms with E-state index in [0.717, 1.165) is 38.2 Å². The van der Waals surface area contributed by atoms with Crippen molar-refractivity contribution in [3.8, 4) is 0 Å². The summed E-state index contributed by atoms with van der Waals surface area (Å²) in [6.45, 7) is 2.65. The number of anilines is 2. The molecule has 8 nitrogen and oxygen atoms in total. The molecule has 0 atom stereocenters. The molecule has 1 aromatic carbocycles. The minimum atomic E-state index is -4.43. The molecule has 0 saturated carbocycles. The SMILES string of the molecule is O=C(NC1CCN(c2ccc(C(F)(F)F)cn2)CC1)c1cc([N+](=O)[O-])ccc1N1CCCC1. The molecule has 0 unspecified atom stereocenters. The van der Waals surface area contributed by atoms with Gasteiger partial charge >= 0.3 is 6.18 Å². The van der Waals surface area contributed by atoms with Crippen molar-refractivity contribution in [2.45, 2.75) is 37.9 Å². The first kappa shape index (κ1) is 22.8. The van der Waals surface area contributed by atoms with Crippen LogP contribution in [0.5, 0.6) is 0 Å². The lowest BCUT2D eigenvalue weighted by Gasteiger charge is -2.33. The zero-order valence-electron chi connectivity index (χ0n) is 17.8. The molecule has 4 rings (SSSR count). The zero-order valence-corrected chi connectivity index (χ0v) is 17.8. The summed E-state index contributed by atoms with van der Waals surface area (Å²) >= 11 is 0. The Morgan fingerprint density at radius 2 is 1.76 bits per heavy atom. The van der Waals surface area contributed by atoms with Crippen LogP contribution in [0.1, 0.15) is 41.6 Å². The van der Waals surface area contributed by atoms with Crippen LogP contribution in [0.3, 0.4) is 0 Å². The highest BCUT2D eigenvalue weighted by Gasteiger charge is 2.31. The molecule has 2 aromatic rings. The summed E-state index contributed by atoms with van der Waals surface area (Å²) in [4.78, 5) is 31.7. The number of carbonyl (C=O) groups is 1. The first-order valence-corrected chi connectivity index (χ1v) is 10.8. The van der Waals surface area contributed by atoms with Gasteiger partial charge in [-0.3, -0.25) is 14.9 Å². The third kappa shape index (κ3) is 5.18. The van der Waals surface area contributed by atoms with Crippen molar-refractivity contribution in [2.24, 2.45) is 0 Å². The standard InChI is InChI=1S/C22H24F3N5O3/c23-22(24,25)15-3-6-20(26-14-15)29-11-7-16(8-12-29)27-21(31)18-13-17(30(32)33)4-5-19(18)28-9-1-2-10-28/h3-6,13-14,16H,1-2,7-12H2,(H,27,31). The van der Waals surface area contributed by atoms with E-state index in [1.54, 1.807) is 6.07 Å². The third-order valence-corrected chi connectivity index (χ3v) is 6.11. The van der Waals surface area contributed by atoms with Crippen molar-refractivity contribution < 1.29 is 22.9 Å². The Morgan fingerprint density at radius 1 is 1.06 bits per heavy atom. The molecule has 0 aliphatic carbocycles. The second kappa shape index (κ2) is 9.24. The number of carbonyl (C=O) groups excluding carboxylic acids is 1. The van der Waals surface area contributed by atoms with E-state index in [4.69, 9.17) is 0 Å². The summed E-state index contributed by atoms with van der Waals surface area (Å²) in [7, 11) is 0. The average molecular weight is 463 g/mol. The van der Waals surface area contributed by atoms with Crippen LogP contribution < -0.4 is 15.1 Å². The Morgan fingerprint density at radius 3 is 2.33 bits per heavy atom. The van der Waals surface area contributed by atoms with E-state index in [1.165, 1.54) is 18.2 Å². The second-order valence-corrected chi connectivity index (χ2v) is 8.29. The molecule has 0 spiro atoms. The van der Waals surface area contributed by atoms with Crippen LogP contribution in [-0.4, -0.2) is 48.0 Å². The van der Waals surface area contributed by atoms with Gasteiger partial charge in [0.1, 0.15) is 5.82 Å². The fourth-order valence-corrected chi connectivity index (χ4v) is 4.31. The number of aromatic nitrogens is 1. The van der Waals surface area contributed by atoms with E-state index in [1.807, 2.05) is 4.90 Å². The second-order valence-electron chi connectivity index (χ2n) is 8.29. The maximum atomic E-state index is 13.1. The number of nitrogens with one attached hydrogen (secondary N) is 1. The lowest BCUT2D eigenvalue weighted by Crippen LogP contribution is -2.45. The number of nitro groups is 1. The number of nitro benzene ring substituents is 1. The predicted molar refractivity (Wildman–Crippen MR) is 116 cm³/mol. The van der Waals surface area contributed by atoms with Crippen molar-refractivity contribution in [3.63, 3.8) is 0 Å². The van der Waals surface area contributed by atoms with E-state index in [0.29, 0.717) is 37.4 Å². The minimum absolute atomic E-state index is 0.133. The number of benzene rings is 1. The molecular formula is C22H24F3N5O3. The Labute approximate surface area is 188 Å². The topological polar surface area (TPSA) is 91.6 Å². The van der Waals surface area contributed by atoms with Gasteiger partial charge in [0.2, 0.25) is 0 Å². The largest absolute Gasteiger partial charge is 0.417 e.